The number of rotatable bonds is 7. The van der Waals surface area contributed by atoms with Gasteiger partial charge in [0.15, 0.2) is 0 Å². The standard InChI is InChI=1S/C24H24ClFN2O2/c25-20-5-10-24(30-17-18-3-1-2-4-23(18)26)19(15-20)16-27-21-6-8-22(9-7-21)28-11-13-29-14-12-28/h1-10,15,27H,11-14,16-17H2. The smallest absolute Gasteiger partial charge is 0.129 e. The van der Waals surface area contributed by atoms with Crippen LogP contribution in [0, 0.1) is 5.82 Å². The molecule has 1 heterocycles. The second-order valence-electron chi connectivity index (χ2n) is 7.13. The van der Waals surface area contributed by atoms with E-state index >= 15 is 0 Å². The summed E-state index contributed by atoms with van der Waals surface area (Å²) in [4.78, 5) is 2.32. The zero-order chi connectivity index (χ0) is 20.8. The van der Waals surface area contributed by atoms with Crippen LogP contribution in [0.3, 0.4) is 0 Å². The maximum Gasteiger partial charge on any atom is 0.129 e. The molecule has 156 valence electrons. The molecule has 1 N–H and O–H groups in total. The Bertz CT molecular complexity index is 975. The molecule has 0 saturated carbocycles. The summed E-state index contributed by atoms with van der Waals surface area (Å²) >= 11 is 6.19. The van der Waals surface area contributed by atoms with E-state index in [1.807, 2.05) is 12.1 Å². The van der Waals surface area contributed by atoms with Crippen molar-refractivity contribution < 1.29 is 13.9 Å². The van der Waals surface area contributed by atoms with Crippen molar-refractivity contribution in [2.45, 2.75) is 13.2 Å². The quantitative estimate of drug-likeness (QED) is 0.540. The fraction of sp³-hybridized carbons (Fsp3) is 0.250. The van der Waals surface area contributed by atoms with Crippen molar-refractivity contribution in [1.82, 2.24) is 0 Å². The third-order valence-corrected chi connectivity index (χ3v) is 5.33. The molecule has 0 aromatic heterocycles. The maximum absolute atomic E-state index is 13.9. The highest BCUT2D eigenvalue weighted by Gasteiger charge is 2.11. The summed E-state index contributed by atoms with van der Waals surface area (Å²) in [7, 11) is 0. The SMILES string of the molecule is Fc1ccccc1COc1ccc(Cl)cc1CNc1ccc(N2CCOCC2)cc1. The molecular weight excluding hydrogens is 403 g/mol. The van der Waals surface area contributed by atoms with Crippen molar-refractivity contribution in [3.8, 4) is 5.75 Å². The molecule has 6 heteroatoms. The predicted molar refractivity (Wildman–Crippen MR) is 119 cm³/mol. The van der Waals surface area contributed by atoms with E-state index in [-0.39, 0.29) is 12.4 Å². The van der Waals surface area contributed by atoms with Crippen LogP contribution in [0.1, 0.15) is 11.1 Å². The van der Waals surface area contributed by atoms with Gasteiger partial charge in [0.25, 0.3) is 0 Å². The lowest BCUT2D eigenvalue weighted by Crippen LogP contribution is -2.36. The molecule has 0 amide bonds. The molecule has 0 atom stereocenters. The lowest BCUT2D eigenvalue weighted by atomic mass is 10.1. The Morgan fingerprint density at radius 2 is 1.73 bits per heavy atom. The number of morpholine rings is 1. The molecule has 4 nitrogen and oxygen atoms in total. The Morgan fingerprint density at radius 3 is 2.50 bits per heavy atom. The van der Waals surface area contributed by atoms with E-state index in [0.717, 1.165) is 37.6 Å². The molecule has 0 bridgehead atoms. The first-order valence-electron chi connectivity index (χ1n) is 10.0. The Hall–Kier alpha value is -2.76. The highest BCUT2D eigenvalue weighted by Crippen LogP contribution is 2.26. The van der Waals surface area contributed by atoms with Gasteiger partial charge >= 0.3 is 0 Å². The van der Waals surface area contributed by atoms with Crippen LogP contribution in [0.5, 0.6) is 5.75 Å². The van der Waals surface area contributed by atoms with Crippen LogP contribution < -0.4 is 15.0 Å². The average Bonchev–Trinajstić information content (AvgIpc) is 2.79. The summed E-state index contributed by atoms with van der Waals surface area (Å²) in [6.45, 7) is 4.07. The van der Waals surface area contributed by atoms with Crippen LogP contribution in [0.2, 0.25) is 5.02 Å². The minimum atomic E-state index is -0.272. The van der Waals surface area contributed by atoms with Gasteiger partial charge in [-0.05, 0) is 48.5 Å². The molecule has 1 fully saturated rings. The van der Waals surface area contributed by atoms with E-state index in [1.54, 1.807) is 24.3 Å². The average molecular weight is 427 g/mol. The number of benzene rings is 3. The molecule has 3 aromatic carbocycles. The van der Waals surface area contributed by atoms with E-state index in [0.29, 0.717) is 22.9 Å². The molecule has 0 radical (unpaired) electrons. The maximum atomic E-state index is 13.9. The number of halogens is 2. The summed E-state index contributed by atoms with van der Waals surface area (Å²) in [6, 6.07) is 20.4. The molecule has 4 rings (SSSR count). The number of hydrogen-bond acceptors (Lipinski definition) is 4. The van der Waals surface area contributed by atoms with Gasteiger partial charge in [0.05, 0.1) is 13.2 Å². The Balaban J connectivity index is 1.40. The van der Waals surface area contributed by atoms with Gasteiger partial charge in [0.2, 0.25) is 0 Å². The van der Waals surface area contributed by atoms with Gasteiger partial charge in [-0.1, -0.05) is 29.8 Å². The van der Waals surface area contributed by atoms with Gasteiger partial charge in [0.1, 0.15) is 18.2 Å². The summed E-state index contributed by atoms with van der Waals surface area (Å²) in [6.07, 6.45) is 0. The van der Waals surface area contributed by atoms with Crippen LogP contribution >= 0.6 is 11.6 Å². The molecule has 1 saturated heterocycles. The normalized spacial score (nSPS) is 13.9. The van der Waals surface area contributed by atoms with Gasteiger partial charge in [-0.2, -0.15) is 0 Å². The summed E-state index contributed by atoms with van der Waals surface area (Å²) in [5, 5.41) is 4.04. The van der Waals surface area contributed by atoms with Gasteiger partial charge in [-0.15, -0.1) is 0 Å². The van der Waals surface area contributed by atoms with Gasteiger partial charge < -0.3 is 19.7 Å². The van der Waals surface area contributed by atoms with Crippen molar-refractivity contribution in [3.05, 3.63) is 88.7 Å². The van der Waals surface area contributed by atoms with Crippen LogP contribution in [-0.4, -0.2) is 26.3 Å². The zero-order valence-electron chi connectivity index (χ0n) is 16.6. The van der Waals surface area contributed by atoms with E-state index < -0.39 is 0 Å². The molecular formula is C24H24ClFN2O2. The molecule has 3 aromatic rings. The van der Waals surface area contributed by atoms with Crippen molar-refractivity contribution in [2.24, 2.45) is 0 Å². The fourth-order valence-electron chi connectivity index (χ4n) is 3.41. The first-order valence-corrected chi connectivity index (χ1v) is 10.4. The van der Waals surface area contributed by atoms with E-state index in [4.69, 9.17) is 21.1 Å². The Kier molecular flexibility index (Phi) is 6.72. The number of anilines is 2. The van der Waals surface area contributed by atoms with Crippen LogP contribution in [0.25, 0.3) is 0 Å². The lowest BCUT2D eigenvalue weighted by Gasteiger charge is -2.29. The van der Waals surface area contributed by atoms with Crippen LogP contribution in [0.15, 0.2) is 66.7 Å². The highest BCUT2D eigenvalue weighted by molar-refractivity contribution is 6.30. The van der Waals surface area contributed by atoms with Gasteiger partial charge in [-0.3, -0.25) is 0 Å². The number of nitrogens with zero attached hydrogens (tertiary/aromatic N) is 1. The van der Waals surface area contributed by atoms with Crippen molar-refractivity contribution in [2.75, 3.05) is 36.5 Å². The molecule has 1 aliphatic heterocycles. The predicted octanol–water partition coefficient (Wildman–Crippen LogP) is 5.51. The second-order valence-corrected chi connectivity index (χ2v) is 7.57. The molecule has 0 aliphatic carbocycles. The van der Waals surface area contributed by atoms with Gasteiger partial charge in [-0.25, -0.2) is 4.39 Å². The van der Waals surface area contributed by atoms with Crippen molar-refractivity contribution in [1.29, 1.82) is 0 Å². The first kappa shape index (κ1) is 20.5. The van der Waals surface area contributed by atoms with Crippen molar-refractivity contribution >= 4 is 23.0 Å². The number of nitrogens with one attached hydrogen (secondary N) is 1. The largest absolute Gasteiger partial charge is 0.488 e. The minimum Gasteiger partial charge on any atom is -0.488 e. The third-order valence-electron chi connectivity index (χ3n) is 5.09. The van der Waals surface area contributed by atoms with Crippen LogP contribution in [0.4, 0.5) is 15.8 Å². The number of hydrogen-bond donors (Lipinski definition) is 1. The minimum absolute atomic E-state index is 0.162. The molecule has 0 spiro atoms. The van der Waals surface area contributed by atoms with Crippen LogP contribution in [-0.2, 0) is 17.9 Å². The van der Waals surface area contributed by atoms with E-state index in [9.17, 15) is 4.39 Å². The topological polar surface area (TPSA) is 33.7 Å². The third kappa shape index (κ3) is 5.23. The highest BCUT2D eigenvalue weighted by atomic mass is 35.5. The van der Waals surface area contributed by atoms with Gasteiger partial charge in [0, 0.05) is 47.2 Å². The summed E-state index contributed by atoms with van der Waals surface area (Å²) < 4.78 is 25.2. The Morgan fingerprint density at radius 1 is 0.967 bits per heavy atom. The van der Waals surface area contributed by atoms with Crippen molar-refractivity contribution in [3.63, 3.8) is 0 Å². The monoisotopic (exact) mass is 426 g/mol. The first-order chi connectivity index (χ1) is 14.7. The molecule has 1 aliphatic rings. The molecule has 30 heavy (non-hydrogen) atoms. The Labute approximate surface area is 181 Å². The van der Waals surface area contributed by atoms with E-state index in [1.165, 1.54) is 11.8 Å². The number of ether oxygens (including phenoxy) is 2. The van der Waals surface area contributed by atoms with E-state index in [2.05, 4.69) is 34.5 Å². The lowest BCUT2D eigenvalue weighted by molar-refractivity contribution is 0.122. The zero-order valence-corrected chi connectivity index (χ0v) is 17.4. The molecule has 0 unspecified atom stereocenters. The summed E-state index contributed by atoms with van der Waals surface area (Å²) in [5.41, 5.74) is 3.63. The summed E-state index contributed by atoms with van der Waals surface area (Å²) in [5.74, 6) is 0.409. The second kappa shape index (κ2) is 9.83. The fourth-order valence-corrected chi connectivity index (χ4v) is 3.60.